The highest BCUT2D eigenvalue weighted by molar-refractivity contribution is 6.14. The summed E-state index contributed by atoms with van der Waals surface area (Å²) >= 11 is 0. The maximum Gasteiger partial charge on any atom is 0.188 e. The Balaban J connectivity index is 1.57. The maximum absolute atomic E-state index is 9.15. The van der Waals surface area contributed by atoms with Crippen LogP contribution in [-0.4, -0.2) is 24.7 Å². The van der Waals surface area contributed by atoms with E-state index >= 15 is 0 Å². The van der Waals surface area contributed by atoms with E-state index in [9.17, 15) is 0 Å². The monoisotopic (exact) mass is 448 g/mol. The molecule has 0 radical (unpaired) electrons. The number of benzene rings is 4. The van der Waals surface area contributed by atoms with Gasteiger partial charge in [-0.2, -0.15) is 5.26 Å². The third-order valence-electron chi connectivity index (χ3n) is 6.42. The summed E-state index contributed by atoms with van der Waals surface area (Å²) in [5.41, 5.74) is 5.45. The first kappa shape index (κ1) is 19.3. The zero-order chi connectivity index (χ0) is 23.4. The van der Waals surface area contributed by atoms with Crippen LogP contribution in [0.25, 0.3) is 60.7 Å². The minimum Gasteiger partial charge on any atom is -0.290 e. The van der Waals surface area contributed by atoms with Crippen LogP contribution in [0.4, 0.5) is 0 Å². The molecule has 0 atom stereocenters. The van der Waals surface area contributed by atoms with Gasteiger partial charge in [-0.3, -0.25) is 9.55 Å². The molecule has 3 heterocycles. The zero-order valence-corrected chi connectivity index (χ0v) is 18.4. The third-order valence-corrected chi connectivity index (χ3v) is 6.42. The van der Waals surface area contributed by atoms with Crippen LogP contribution in [0.2, 0.25) is 0 Å². The van der Waals surface area contributed by atoms with Crippen LogP contribution < -0.4 is 0 Å². The molecule has 6 heteroatoms. The molecule has 0 fully saturated rings. The van der Waals surface area contributed by atoms with Crippen LogP contribution in [-0.2, 0) is 0 Å². The van der Waals surface area contributed by atoms with Crippen molar-refractivity contribution in [3.8, 4) is 23.1 Å². The summed E-state index contributed by atoms with van der Waals surface area (Å²) in [4.78, 5) is 9.33. The van der Waals surface area contributed by atoms with Crippen molar-refractivity contribution in [3.63, 3.8) is 0 Å². The topological polar surface area (TPSA) is 80.3 Å². The van der Waals surface area contributed by atoms with Gasteiger partial charge in [0.1, 0.15) is 16.7 Å². The highest BCUT2D eigenvalue weighted by atomic mass is 15.2. The number of para-hydroxylation sites is 1. The van der Waals surface area contributed by atoms with Crippen molar-refractivity contribution in [1.29, 1.82) is 5.26 Å². The van der Waals surface area contributed by atoms with Crippen molar-refractivity contribution >= 4 is 43.6 Å². The Morgan fingerprint density at radius 1 is 0.657 bits per heavy atom. The summed E-state index contributed by atoms with van der Waals surface area (Å²) in [6.45, 7) is 0. The normalized spacial score (nSPS) is 11.4. The maximum atomic E-state index is 9.15. The molecule has 0 aliphatic heterocycles. The van der Waals surface area contributed by atoms with Crippen LogP contribution in [0.5, 0.6) is 0 Å². The number of aromatic nitrogens is 5. The molecule has 3 aromatic heterocycles. The van der Waals surface area contributed by atoms with Gasteiger partial charge in [0.15, 0.2) is 5.82 Å². The van der Waals surface area contributed by atoms with Crippen LogP contribution in [0.3, 0.4) is 0 Å². The number of rotatable bonds is 2. The molecular weight excluding hydrogens is 432 g/mol. The lowest BCUT2D eigenvalue weighted by atomic mass is 10.1. The second kappa shape index (κ2) is 7.44. The van der Waals surface area contributed by atoms with Gasteiger partial charge in [0.2, 0.25) is 0 Å². The fourth-order valence-corrected chi connectivity index (χ4v) is 4.80. The van der Waals surface area contributed by atoms with Crippen molar-refractivity contribution in [3.05, 3.63) is 103 Å². The molecule has 0 saturated heterocycles. The van der Waals surface area contributed by atoms with Gasteiger partial charge in [0.25, 0.3) is 0 Å². The average molecular weight is 448 g/mol. The van der Waals surface area contributed by atoms with Gasteiger partial charge >= 0.3 is 0 Å². The van der Waals surface area contributed by atoms with Crippen molar-refractivity contribution in [2.45, 2.75) is 0 Å². The van der Waals surface area contributed by atoms with E-state index in [-0.39, 0.29) is 0 Å². The Kier molecular flexibility index (Phi) is 4.11. The Morgan fingerprint density at radius 3 is 2.17 bits per heavy atom. The lowest BCUT2D eigenvalue weighted by Gasteiger charge is -2.11. The van der Waals surface area contributed by atoms with Crippen LogP contribution in [0, 0.1) is 11.3 Å². The van der Waals surface area contributed by atoms with Gasteiger partial charge in [-0.1, -0.05) is 54.6 Å². The van der Waals surface area contributed by atoms with Crippen molar-refractivity contribution in [2.75, 3.05) is 0 Å². The van der Waals surface area contributed by atoms with Crippen molar-refractivity contribution < 1.29 is 0 Å². The summed E-state index contributed by atoms with van der Waals surface area (Å²) in [6.07, 6.45) is 3.35. The van der Waals surface area contributed by atoms with E-state index in [1.54, 1.807) is 24.5 Å². The van der Waals surface area contributed by atoms with Crippen molar-refractivity contribution in [1.82, 2.24) is 24.7 Å². The van der Waals surface area contributed by atoms with E-state index in [1.807, 2.05) is 24.3 Å². The molecule has 162 valence electrons. The standard InChI is InChI=1S/C29H16N6/c30-17-18-9-11-19(12-10-18)26-27-28(32-14-13-31-27)29(34-33-26)35-24-8-4-3-7-22(24)23-15-20-5-1-2-6-21(20)16-25(23)35/h1-16H. The SMILES string of the molecule is N#Cc1ccc(-c2nnc(-n3c4ccccc4c4cc5ccccc5cc43)c3nccnc23)cc1. The number of hydrogen-bond acceptors (Lipinski definition) is 5. The summed E-state index contributed by atoms with van der Waals surface area (Å²) in [5.74, 6) is 0.631. The Hall–Kier alpha value is -5.15. The second-order valence-corrected chi connectivity index (χ2v) is 8.38. The third kappa shape index (κ3) is 2.89. The van der Waals surface area contributed by atoms with Gasteiger partial charge in [-0.25, -0.2) is 4.98 Å². The predicted molar refractivity (Wildman–Crippen MR) is 137 cm³/mol. The molecule has 0 spiro atoms. The van der Waals surface area contributed by atoms with Gasteiger partial charge < -0.3 is 0 Å². The Morgan fingerprint density at radius 2 is 1.37 bits per heavy atom. The first-order chi connectivity index (χ1) is 17.3. The number of nitriles is 1. The first-order valence-electron chi connectivity index (χ1n) is 11.2. The second-order valence-electron chi connectivity index (χ2n) is 8.38. The fourth-order valence-electron chi connectivity index (χ4n) is 4.80. The summed E-state index contributed by atoms with van der Waals surface area (Å²) in [5, 5.41) is 23.1. The molecule has 4 aromatic carbocycles. The van der Waals surface area contributed by atoms with Gasteiger partial charge in [0.05, 0.1) is 22.7 Å². The molecule has 0 amide bonds. The smallest absolute Gasteiger partial charge is 0.188 e. The predicted octanol–water partition coefficient (Wildman–Crippen LogP) is 6.21. The number of hydrogen-bond donors (Lipinski definition) is 0. The molecule has 7 aromatic rings. The zero-order valence-electron chi connectivity index (χ0n) is 18.4. The van der Waals surface area contributed by atoms with Crippen LogP contribution in [0.15, 0.2) is 97.3 Å². The fraction of sp³-hybridized carbons (Fsp3) is 0. The molecule has 35 heavy (non-hydrogen) atoms. The quantitative estimate of drug-likeness (QED) is 0.314. The average Bonchev–Trinajstić information content (AvgIpc) is 3.24. The van der Waals surface area contributed by atoms with Gasteiger partial charge in [-0.15, -0.1) is 10.2 Å². The number of nitrogens with zero attached hydrogens (tertiary/aromatic N) is 6. The lowest BCUT2D eigenvalue weighted by Crippen LogP contribution is -2.04. The molecule has 0 aliphatic rings. The van der Waals surface area contributed by atoms with Gasteiger partial charge in [0, 0.05) is 28.7 Å². The number of fused-ring (bicyclic) bond motifs is 5. The molecule has 0 unspecified atom stereocenters. The molecule has 0 bridgehead atoms. The van der Waals surface area contributed by atoms with E-state index in [1.165, 1.54) is 5.39 Å². The minimum atomic E-state index is 0.589. The van der Waals surface area contributed by atoms with Crippen molar-refractivity contribution in [2.24, 2.45) is 0 Å². The van der Waals surface area contributed by atoms with E-state index in [2.05, 4.69) is 69.2 Å². The lowest BCUT2D eigenvalue weighted by molar-refractivity contribution is 0.965. The molecule has 6 nitrogen and oxygen atoms in total. The minimum absolute atomic E-state index is 0.589. The Bertz CT molecular complexity index is 1960. The van der Waals surface area contributed by atoms with E-state index < -0.39 is 0 Å². The highest BCUT2D eigenvalue weighted by Gasteiger charge is 2.19. The molecule has 0 saturated carbocycles. The summed E-state index contributed by atoms with van der Waals surface area (Å²) < 4.78 is 2.13. The molecular formula is C29H16N6. The summed E-state index contributed by atoms with van der Waals surface area (Å²) in [7, 11) is 0. The molecule has 7 rings (SSSR count). The van der Waals surface area contributed by atoms with Crippen LogP contribution in [0.1, 0.15) is 5.56 Å². The van der Waals surface area contributed by atoms with E-state index in [0.29, 0.717) is 28.1 Å². The van der Waals surface area contributed by atoms with E-state index in [0.717, 1.165) is 32.8 Å². The van der Waals surface area contributed by atoms with Crippen LogP contribution >= 0.6 is 0 Å². The largest absolute Gasteiger partial charge is 0.290 e. The Labute approximate surface area is 199 Å². The molecule has 0 aliphatic carbocycles. The van der Waals surface area contributed by atoms with Gasteiger partial charge in [-0.05, 0) is 41.1 Å². The highest BCUT2D eigenvalue weighted by Crippen LogP contribution is 2.36. The summed E-state index contributed by atoms with van der Waals surface area (Å²) in [6, 6.07) is 30.5. The first-order valence-corrected chi connectivity index (χ1v) is 11.2. The van der Waals surface area contributed by atoms with E-state index in [4.69, 9.17) is 15.3 Å². The molecule has 0 N–H and O–H groups in total.